The maximum absolute atomic E-state index is 12.4. The number of ether oxygens (including phenoxy) is 4. The van der Waals surface area contributed by atoms with Gasteiger partial charge < -0.3 is 18.9 Å². The van der Waals surface area contributed by atoms with E-state index in [4.69, 9.17) is 9.47 Å². The number of thioether (sulfide) groups is 1. The van der Waals surface area contributed by atoms with Crippen LogP contribution in [0.5, 0.6) is 11.5 Å². The van der Waals surface area contributed by atoms with Crippen molar-refractivity contribution in [3.63, 3.8) is 0 Å². The molecule has 1 saturated heterocycles. The molecule has 0 radical (unpaired) electrons. The molecule has 1 fully saturated rings. The molecule has 1 aliphatic rings. The van der Waals surface area contributed by atoms with Crippen molar-refractivity contribution in [1.82, 2.24) is 4.90 Å². The lowest BCUT2D eigenvalue weighted by atomic mass is 10.2. The third kappa shape index (κ3) is 5.85. The minimum atomic E-state index is -0.686. The molecule has 1 aromatic rings. The Morgan fingerprint density at radius 2 is 1.83 bits per heavy atom. The summed E-state index contributed by atoms with van der Waals surface area (Å²) in [4.78, 5) is 48.2. The van der Waals surface area contributed by atoms with E-state index in [9.17, 15) is 19.2 Å². The highest BCUT2D eigenvalue weighted by Gasteiger charge is 2.36. The molecule has 0 aromatic heterocycles. The van der Waals surface area contributed by atoms with E-state index in [2.05, 4.69) is 9.47 Å². The highest BCUT2D eigenvalue weighted by atomic mass is 127. The second-order valence-corrected chi connectivity index (χ2v) is 7.63. The third-order valence-electron chi connectivity index (χ3n) is 3.58. The second-order valence-electron chi connectivity index (χ2n) is 5.47. The van der Waals surface area contributed by atoms with E-state index in [1.807, 2.05) is 22.6 Å². The van der Waals surface area contributed by atoms with Gasteiger partial charge in [-0.3, -0.25) is 19.3 Å². The molecular formula is C18H18INO8S. The molecule has 156 valence electrons. The van der Waals surface area contributed by atoms with Gasteiger partial charge in [0.05, 0.1) is 29.3 Å². The summed E-state index contributed by atoms with van der Waals surface area (Å²) >= 11 is 2.75. The Bertz CT molecular complexity index is 870. The van der Waals surface area contributed by atoms with E-state index in [0.29, 0.717) is 27.2 Å². The van der Waals surface area contributed by atoms with Crippen LogP contribution in [-0.2, 0) is 23.9 Å². The summed E-state index contributed by atoms with van der Waals surface area (Å²) in [6, 6.07) is 3.34. The summed E-state index contributed by atoms with van der Waals surface area (Å²) in [5, 5.41) is -0.551. The smallest absolute Gasteiger partial charge is 0.343 e. The molecular weight excluding hydrogens is 517 g/mol. The molecule has 2 amide bonds. The predicted octanol–water partition coefficient (Wildman–Crippen LogP) is 2.45. The number of nitrogens with zero attached hydrogens (tertiary/aromatic N) is 1. The predicted molar refractivity (Wildman–Crippen MR) is 113 cm³/mol. The fraction of sp³-hybridized carbons (Fsp3) is 0.333. The SMILES string of the molecule is CCOc1cc(/C=C2/SC(=O)N(CC(=O)OC)C2=O)cc(I)c1OCC(=O)OC. The molecule has 1 aromatic carbocycles. The number of benzene rings is 1. The molecule has 1 heterocycles. The van der Waals surface area contributed by atoms with Crippen LogP contribution < -0.4 is 9.47 Å². The van der Waals surface area contributed by atoms with Crippen molar-refractivity contribution in [2.45, 2.75) is 6.92 Å². The van der Waals surface area contributed by atoms with Crippen LogP contribution in [0.15, 0.2) is 17.0 Å². The van der Waals surface area contributed by atoms with Crippen LogP contribution in [0.3, 0.4) is 0 Å². The number of rotatable bonds is 8. The zero-order valence-corrected chi connectivity index (χ0v) is 18.8. The summed E-state index contributed by atoms with van der Waals surface area (Å²) in [6.07, 6.45) is 1.52. The number of carbonyl (C=O) groups is 4. The molecule has 0 N–H and O–H groups in total. The summed E-state index contributed by atoms with van der Waals surface area (Å²) in [7, 11) is 2.44. The molecule has 0 saturated carbocycles. The lowest BCUT2D eigenvalue weighted by molar-refractivity contribution is -0.143. The van der Waals surface area contributed by atoms with E-state index < -0.39 is 29.6 Å². The van der Waals surface area contributed by atoms with Gasteiger partial charge in [0.2, 0.25) is 0 Å². The number of hydrogen-bond donors (Lipinski definition) is 0. The van der Waals surface area contributed by atoms with E-state index in [0.717, 1.165) is 16.7 Å². The van der Waals surface area contributed by atoms with Crippen molar-refractivity contribution in [2.24, 2.45) is 0 Å². The fourth-order valence-corrected chi connectivity index (χ4v) is 3.87. The molecule has 29 heavy (non-hydrogen) atoms. The van der Waals surface area contributed by atoms with E-state index >= 15 is 0 Å². The topological polar surface area (TPSA) is 108 Å². The lowest BCUT2D eigenvalue weighted by Gasteiger charge is -2.14. The number of imide groups is 1. The Morgan fingerprint density at radius 3 is 2.45 bits per heavy atom. The first kappa shape index (κ1) is 23.0. The number of halogens is 1. The summed E-state index contributed by atoms with van der Waals surface area (Å²) < 4.78 is 20.8. The second kappa shape index (κ2) is 10.5. The third-order valence-corrected chi connectivity index (χ3v) is 5.29. The molecule has 0 unspecified atom stereocenters. The van der Waals surface area contributed by atoms with Gasteiger partial charge in [-0.1, -0.05) is 0 Å². The molecule has 11 heteroatoms. The summed E-state index contributed by atoms with van der Waals surface area (Å²) in [6.45, 7) is 1.42. The zero-order chi connectivity index (χ0) is 21.6. The van der Waals surface area contributed by atoms with Crippen molar-refractivity contribution >= 4 is 63.5 Å². The van der Waals surface area contributed by atoms with E-state index in [-0.39, 0.29) is 11.5 Å². The first-order chi connectivity index (χ1) is 13.8. The monoisotopic (exact) mass is 535 g/mol. The zero-order valence-electron chi connectivity index (χ0n) is 15.9. The average molecular weight is 535 g/mol. The summed E-state index contributed by atoms with van der Waals surface area (Å²) in [5.74, 6) is -1.05. The van der Waals surface area contributed by atoms with Gasteiger partial charge in [0.1, 0.15) is 6.54 Å². The number of methoxy groups -OCH3 is 2. The molecule has 0 aliphatic carbocycles. The fourth-order valence-electron chi connectivity index (χ4n) is 2.25. The largest absolute Gasteiger partial charge is 0.490 e. The molecule has 9 nitrogen and oxygen atoms in total. The number of hydrogen-bond acceptors (Lipinski definition) is 9. The van der Waals surface area contributed by atoms with Crippen molar-refractivity contribution in [1.29, 1.82) is 0 Å². The number of esters is 2. The van der Waals surface area contributed by atoms with Gasteiger partial charge in [-0.2, -0.15) is 0 Å². The van der Waals surface area contributed by atoms with Gasteiger partial charge >= 0.3 is 11.9 Å². The average Bonchev–Trinajstić information content (AvgIpc) is 2.94. The van der Waals surface area contributed by atoms with Crippen molar-refractivity contribution < 1.29 is 38.1 Å². The van der Waals surface area contributed by atoms with E-state index in [1.165, 1.54) is 20.3 Å². The molecule has 1 aliphatic heterocycles. The van der Waals surface area contributed by atoms with Crippen molar-refractivity contribution in [2.75, 3.05) is 34.0 Å². The molecule has 0 spiro atoms. The van der Waals surface area contributed by atoms with Gasteiger partial charge in [-0.25, -0.2) is 4.79 Å². The standard InChI is InChI=1S/C18H18INO8S/c1-4-27-12-6-10(5-11(19)16(12)28-9-15(22)26-3)7-13-17(23)20(18(24)29-13)8-14(21)25-2/h5-7H,4,8-9H2,1-3H3/b13-7+. The Balaban J connectivity index is 2.30. The first-order valence-corrected chi connectivity index (χ1v) is 10.2. The van der Waals surface area contributed by atoms with Crippen molar-refractivity contribution in [3.8, 4) is 11.5 Å². The number of amides is 2. The molecule has 2 rings (SSSR count). The van der Waals surface area contributed by atoms with E-state index in [1.54, 1.807) is 19.1 Å². The highest BCUT2D eigenvalue weighted by Crippen LogP contribution is 2.37. The maximum Gasteiger partial charge on any atom is 0.343 e. The normalized spacial score (nSPS) is 14.9. The van der Waals surface area contributed by atoms with Gasteiger partial charge in [0.25, 0.3) is 11.1 Å². The van der Waals surface area contributed by atoms with Gasteiger partial charge in [-0.05, 0) is 65.0 Å². The minimum Gasteiger partial charge on any atom is -0.490 e. The maximum atomic E-state index is 12.4. The lowest BCUT2D eigenvalue weighted by Crippen LogP contribution is -2.34. The van der Waals surface area contributed by atoms with Crippen LogP contribution in [-0.4, -0.2) is 62.0 Å². The van der Waals surface area contributed by atoms with Crippen LogP contribution in [0.4, 0.5) is 4.79 Å². The first-order valence-electron chi connectivity index (χ1n) is 8.28. The molecule has 0 bridgehead atoms. The van der Waals surface area contributed by atoms with Crippen LogP contribution >= 0.6 is 34.4 Å². The van der Waals surface area contributed by atoms with Crippen molar-refractivity contribution in [3.05, 3.63) is 26.2 Å². The van der Waals surface area contributed by atoms with Crippen LogP contribution in [0.1, 0.15) is 12.5 Å². The summed E-state index contributed by atoms with van der Waals surface area (Å²) in [5.41, 5.74) is 0.590. The highest BCUT2D eigenvalue weighted by molar-refractivity contribution is 14.1. The quantitative estimate of drug-likeness (QED) is 0.282. The Morgan fingerprint density at radius 1 is 1.14 bits per heavy atom. The Labute approximate surface area is 184 Å². The van der Waals surface area contributed by atoms with Crippen LogP contribution in [0, 0.1) is 3.57 Å². The van der Waals surface area contributed by atoms with Gasteiger partial charge in [0.15, 0.2) is 18.1 Å². The Kier molecular flexibility index (Phi) is 8.32. The van der Waals surface area contributed by atoms with Crippen LogP contribution in [0.25, 0.3) is 6.08 Å². The van der Waals surface area contributed by atoms with Gasteiger partial charge in [0, 0.05) is 0 Å². The van der Waals surface area contributed by atoms with Crippen LogP contribution in [0.2, 0.25) is 0 Å². The molecule has 0 atom stereocenters. The van der Waals surface area contributed by atoms with Gasteiger partial charge in [-0.15, -0.1) is 0 Å². The minimum absolute atomic E-state index is 0.167. The Hall–Kier alpha value is -2.28. The number of carbonyl (C=O) groups excluding carboxylic acids is 4.